The quantitative estimate of drug-likeness (QED) is 0.897. The Kier molecular flexibility index (Phi) is 3.91. The first kappa shape index (κ1) is 13.2. The summed E-state index contributed by atoms with van der Waals surface area (Å²) < 4.78 is 19.4. The van der Waals surface area contributed by atoms with Crippen LogP contribution in [0.2, 0.25) is 0 Å². The number of rotatable bonds is 5. The van der Waals surface area contributed by atoms with Gasteiger partial charge in [0, 0.05) is 12.7 Å². The summed E-state index contributed by atoms with van der Waals surface area (Å²) in [4.78, 5) is 11.0. The lowest BCUT2D eigenvalue weighted by Crippen LogP contribution is -2.08. The lowest BCUT2D eigenvalue weighted by atomic mass is 10.1. The first-order valence-electron chi connectivity index (χ1n) is 5.68. The average molecular weight is 264 g/mol. The molecule has 100 valence electrons. The van der Waals surface area contributed by atoms with Crippen LogP contribution in [0.4, 0.5) is 4.39 Å². The number of hydrogen-bond donors (Lipinski definition) is 1. The lowest BCUT2D eigenvalue weighted by Gasteiger charge is -2.06. The van der Waals surface area contributed by atoms with E-state index in [0.717, 1.165) is 0 Å². The van der Waals surface area contributed by atoms with Crippen LogP contribution < -0.4 is 0 Å². The summed E-state index contributed by atoms with van der Waals surface area (Å²) in [5.41, 5.74) is 1.28. The number of aromatic carboxylic acids is 1. The van der Waals surface area contributed by atoms with E-state index in [-0.39, 0.29) is 11.5 Å². The van der Waals surface area contributed by atoms with Crippen molar-refractivity contribution in [1.29, 1.82) is 0 Å². The highest BCUT2D eigenvalue weighted by Gasteiger charge is 2.14. The highest BCUT2D eigenvalue weighted by molar-refractivity contribution is 5.87. The maximum absolute atomic E-state index is 12.9. The Morgan fingerprint density at radius 2 is 2.11 bits per heavy atom. The Balaban J connectivity index is 2.41. The van der Waals surface area contributed by atoms with Crippen molar-refractivity contribution in [2.75, 3.05) is 13.7 Å². The molecule has 0 fully saturated rings. The second-order valence-corrected chi connectivity index (χ2v) is 3.94. The number of methoxy groups -OCH3 is 1. The van der Waals surface area contributed by atoms with Gasteiger partial charge in [0.1, 0.15) is 5.82 Å². The minimum atomic E-state index is -1.10. The highest BCUT2D eigenvalue weighted by atomic mass is 19.1. The minimum Gasteiger partial charge on any atom is -0.476 e. The summed E-state index contributed by atoms with van der Waals surface area (Å²) in [7, 11) is 1.55. The van der Waals surface area contributed by atoms with E-state index in [1.807, 2.05) is 0 Å². The van der Waals surface area contributed by atoms with Crippen molar-refractivity contribution in [1.82, 2.24) is 9.78 Å². The fourth-order valence-corrected chi connectivity index (χ4v) is 1.72. The van der Waals surface area contributed by atoms with Crippen LogP contribution >= 0.6 is 0 Å². The van der Waals surface area contributed by atoms with Gasteiger partial charge in [0.2, 0.25) is 0 Å². The number of carboxylic acid groups (broad SMARTS) is 1. The van der Waals surface area contributed by atoms with Crippen molar-refractivity contribution in [2.24, 2.45) is 0 Å². The largest absolute Gasteiger partial charge is 0.476 e. The van der Waals surface area contributed by atoms with Crippen molar-refractivity contribution in [3.05, 3.63) is 41.8 Å². The van der Waals surface area contributed by atoms with Crippen LogP contribution in [0.5, 0.6) is 0 Å². The second kappa shape index (κ2) is 5.62. The Morgan fingerprint density at radius 3 is 2.68 bits per heavy atom. The summed E-state index contributed by atoms with van der Waals surface area (Å²) in [6.07, 6.45) is 0. The van der Waals surface area contributed by atoms with Crippen LogP contribution in [0.3, 0.4) is 0 Å². The smallest absolute Gasteiger partial charge is 0.356 e. The zero-order valence-electron chi connectivity index (χ0n) is 10.3. The van der Waals surface area contributed by atoms with Crippen molar-refractivity contribution in [3.8, 4) is 11.3 Å². The Bertz CT molecular complexity index is 578. The highest BCUT2D eigenvalue weighted by Crippen LogP contribution is 2.21. The van der Waals surface area contributed by atoms with E-state index in [1.54, 1.807) is 23.9 Å². The molecule has 2 aromatic rings. The molecule has 0 atom stereocenters. The topological polar surface area (TPSA) is 64.4 Å². The van der Waals surface area contributed by atoms with Gasteiger partial charge in [-0.15, -0.1) is 0 Å². The molecular formula is C13H13FN2O3. The molecule has 0 aliphatic rings. The molecule has 1 aromatic heterocycles. The maximum Gasteiger partial charge on any atom is 0.356 e. The molecule has 0 amide bonds. The Morgan fingerprint density at radius 1 is 1.42 bits per heavy atom. The third-order valence-corrected chi connectivity index (χ3v) is 2.65. The molecule has 0 bridgehead atoms. The van der Waals surface area contributed by atoms with E-state index in [1.165, 1.54) is 18.2 Å². The number of carbonyl (C=O) groups is 1. The van der Waals surface area contributed by atoms with E-state index >= 15 is 0 Å². The molecular weight excluding hydrogens is 251 g/mol. The number of aromatic nitrogens is 2. The zero-order valence-corrected chi connectivity index (χ0v) is 10.3. The van der Waals surface area contributed by atoms with E-state index in [0.29, 0.717) is 24.4 Å². The molecule has 0 saturated heterocycles. The van der Waals surface area contributed by atoms with E-state index < -0.39 is 5.97 Å². The van der Waals surface area contributed by atoms with Gasteiger partial charge in [-0.2, -0.15) is 5.10 Å². The summed E-state index contributed by atoms with van der Waals surface area (Å²) in [5.74, 6) is -1.44. The van der Waals surface area contributed by atoms with Crippen molar-refractivity contribution in [2.45, 2.75) is 6.54 Å². The number of ether oxygens (including phenoxy) is 1. The monoisotopic (exact) mass is 264 g/mol. The van der Waals surface area contributed by atoms with Gasteiger partial charge in [0.05, 0.1) is 18.8 Å². The van der Waals surface area contributed by atoms with E-state index in [9.17, 15) is 9.18 Å². The van der Waals surface area contributed by atoms with Crippen LogP contribution in [0.25, 0.3) is 11.3 Å². The van der Waals surface area contributed by atoms with Gasteiger partial charge in [0.25, 0.3) is 0 Å². The minimum absolute atomic E-state index is 0.0459. The molecule has 0 aliphatic heterocycles. The maximum atomic E-state index is 12.9. The second-order valence-electron chi connectivity index (χ2n) is 3.94. The van der Waals surface area contributed by atoms with Gasteiger partial charge in [0.15, 0.2) is 5.69 Å². The van der Waals surface area contributed by atoms with Crippen LogP contribution in [-0.4, -0.2) is 34.6 Å². The molecule has 0 spiro atoms. The molecule has 19 heavy (non-hydrogen) atoms. The first-order chi connectivity index (χ1) is 9.11. The van der Waals surface area contributed by atoms with E-state index in [2.05, 4.69) is 5.10 Å². The summed E-state index contributed by atoms with van der Waals surface area (Å²) in [6.45, 7) is 0.839. The third kappa shape index (κ3) is 2.97. The summed E-state index contributed by atoms with van der Waals surface area (Å²) in [5, 5.41) is 13.0. The molecule has 6 heteroatoms. The molecule has 0 unspecified atom stereocenters. The van der Waals surface area contributed by atoms with Gasteiger partial charge in [-0.05, 0) is 30.3 Å². The molecule has 1 aromatic carbocycles. The van der Waals surface area contributed by atoms with Gasteiger partial charge in [-0.3, -0.25) is 4.68 Å². The van der Waals surface area contributed by atoms with Crippen LogP contribution in [-0.2, 0) is 11.3 Å². The fourth-order valence-electron chi connectivity index (χ4n) is 1.72. The van der Waals surface area contributed by atoms with Gasteiger partial charge in [-0.1, -0.05) is 0 Å². The summed E-state index contributed by atoms with van der Waals surface area (Å²) in [6, 6.07) is 7.28. The Labute approximate surface area is 109 Å². The molecule has 0 saturated carbocycles. The molecule has 0 radical (unpaired) electrons. The predicted molar refractivity (Wildman–Crippen MR) is 66.5 cm³/mol. The van der Waals surface area contributed by atoms with Crippen LogP contribution in [0.15, 0.2) is 30.3 Å². The number of hydrogen-bond acceptors (Lipinski definition) is 3. The van der Waals surface area contributed by atoms with Crippen LogP contribution in [0, 0.1) is 5.82 Å². The number of carboxylic acids is 1. The van der Waals surface area contributed by atoms with Gasteiger partial charge in [-0.25, -0.2) is 9.18 Å². The van der Waals surface area contributed by atoms with Crippen molar-refractivity contribution in [3.63, 3.8) is 0 Å². The third-order valence-electron chi connectivity index (χ3n) is 2.65. The standard InChI is InChI=1S/C13H13FN2O3/c1-19-7-6-16-12(8-11(15-16)13(17)18)9-2-4-10(14)5-3-9/h2-5,8H,6-7H2,1H3,(H,17,18). The van der Waals surface area contributed by atoms with Crippen molar-refractivity contribution >= 4 is 5.97 Å². The van der Waals surface area contributed by atoms with Crippen molar-refractivity contribution < 1.29 is 19.0 Å². The summed E-state index contributed by atoms with van der Waals surface area (Å²) >= 11 is 0. The molecule has 1 N–H and O–H groups in total. The van der Waals surface area contributed by atoms with Gasteiger partial charge < -0.3 is 9.84 Å². The van der Waals surface area contributed by atoms with E-state index in [4.69, 9.17) is 9.84 Å². The normalized spacial score (nSPS) is 10.6. The number of benzene rings is 1. The molecule has 2 rings (SSSR count). The predicted octanol–water partition coefficient (Wildman–Crippen LogP) is 2.03. The molecule has 0 aliphatic carbocycles. The molecule has 1 heterocycles. The lowest BCUT2D eigenvalue weighted by molar-refractivity contribution is 0.0689. The first-order valence-corrected chi connectivity index (χ1v) is 5.68. The average Bonchev–Trinajstić information content (AvgIpc) is 2.81. The number of nitrogens with zero attached hydrogens (tertiary/aromatic N) is 2. The molecule has 5 nitrogen and oxygen atoms in total. The zero-order chi connectivity index (χ0) is 13.8. The number of halogens is 1. The SMILES string of the molecule is COCCn1nc(C(=O)O)cc1-c1ccc(F)cc1. The fraction of sp³-hybridized carbons (Fsp3) is 0.231. The van der Waals surface area contributed by atoms with Crippen LogP contribution in [0.1, 0.15) is 10.5 Å². The van der Waals surface area contributed by atoms with Gasteiger partial charge >= 0.3 is 5.97 Å². The Hall–Kier alpha value is -2.21.